The molecule has 1 aromatic carbocycles. The summed E-state index contributed by atoms with van der Waals surface area (Å²) in [7, 11) is 1.78. The Bertz CT molecular complexity index is 862. The molecule has 2 N–H and O–H groups in total. The fraction of sp³-hybridized carbons (Fsp3) is 0.350. The maximum Gasteiger partial charge on any atom is 0.191 e. The number of nitrogens with one attached hydrogen (secondary N) is 2. The van der Waals surface area contributed by atoms with Crippen LogP contribution in [0.1, 0.15) is 28.1 Å². The van der Waals surface area contributed by atoms with Gasteiger partial charge in [-0.15, -0.1) is 0 Å². The van der Waals surface area contributed by atoms with Crippen molar-refractivity contribution in [3.8, 4) is 0 Å². The van der Waals surface area contributed by atoms with Crippen molar-refractivity contribution in [2.24, 2.45) is 4.99 Å². The van der Waals surface area contributed by atoms with Gasteiger partial charge >= 0.3 is 0 Å². The number of rotatable bonds is 7. The zero-order valence-electron chi connectivity index (χ0n) is 16.1. The van der Waals surface area contributed by atoms with Crippen LogP contribution in [0.5, 0.6) is 0 Å². The second-order valence-corrected chi connectivity index (χ2v) is 6.38. The van der Waals surface area contributed by atoms with Gasteiger partial charge < -0.3 is 15.2 Å². The number of nitrogens with zero attached hydrogens (tertiary/aromatic N) is 4. The van der Waals surface area contributed by atoms with Crippen molar-refractivity contribution in [2.45, 2.75) is 33.4 Å². The van der Waals surface area contributed by atoms with Gasteiger partial charge in [0.25, 0.3) is 0 Å². The first-order chi connectivity index (χ1) is 13.2. The van der Waals surface area contributed by atoms with Gasteiger partial charge in [-0.3, -0.25) is 9.67 Å². The Morgan fingerprint density at radius 2 is 1.96 bits per heavy atom. The Hall–Kier alpha value is -3.09. The van der Waals surface area contributed by atoms with Gasteiger partial charge in [-0.05, 0) is 37.5 Å². The summed E-state index contributed by atoms with van der Waals surface area (Å²) < 4.78 is 7.14. The molecule has 27 heavy (non-hydrogen) atoms. The van der Waals surface area contributed by atoms with Crippen LogP contribution in [0.15, 0.2) is 52.2 Å². The van der Waals surface area contributed by atoms with Gasteiger partial charge in [-0.2, -0.15) is 5.10 Å². The van der Waals surface area contributed by atoms with Crippen LogP contribution in [0.4, 0.5) is 0 Å². The molecule has 0 spiro atoms. The molecule has 0 atom stereocenters. The highest BCUT2D eigenvalue weighted by atomic mass is 16.5. The van der Waals surface area contributed by atoms with Gasteiger partial charge in [-0.25, -0.2) is 0 Å². The van der Waals surface area contributed by atoms with Crippen molar-refractivity contribution in [1.29, 1.82) is 0 Å². The highest BCUT2D eigenvalue weighted by Crippen LogP contribution is 2.12. The molecule has 7 heteroatoms. The van der Waals surface area contributed by atoms with Gasteiger partial charge in [0, 0.05) is 38.1 Å². The third-order valence-corrected chi connectivity index (χ3v) is 4.53. The van der Waals surface area contributed by atoms with Crippen LogP contribution in [0, 0.1) is 13.8 Å². The van der Waals surface area contributed by atoms with E-state index in [9.17, 15) is 0 Å². The predicted molar refractivity (Wildman–Crippen MR) is 106 cm³/mol. The smallest absolute Gasteiger partial charge is 0.191 e. The first kappa shape index (κ1) is 18.7. The Labute approximate surface area is 159 Å². The molecule has 0 unspecified atom stereocenters. The minimum absolute atomic E-state index is 0.697. The highest BCUT2D eigenvalue weighted by molar-refractivity contribution is 5.79. The summed E-state index contributed by atoms with van der Waals surface area (Å²) in [6.45, 7) is 6.12. The number of hydrogen-bond donors (Lipinski definition) is 2. The number of aromatic nitrogens is 3. The van der Waals surface area contributed by atoms with Gasteiger partial charge in [0.1, 0.15) is 5.76 Å². The average Bonchev–Trinajstić information content (AvgIpc) is 3.30. The van der Waals surface area contributed by atoms with Gasteiger partial charge in [0.15, 0.2) is 5.96 Å². The molecule has 7 nitrogen and oxygen atoms in total. The normalized spacial score (nSPS) is 11.6. The van der Waals surface area contributed by atoms with Crippen molar-refractivity contribution in [3.63, 3.8) is 0 Å². The molecule has 0 radical (unpaired) electrons. The van der Waals surface area contributed by atoms with E-state index in [0.717, 1.165) is 42.5 Å². The number of benzene rings is 1. The van der Waals surface area contributed by atoms with Crippen LogP contribution in [0.25, 0.3) is 0 Å². The zero-order valence-corrected chi connectivity index (χ0v) is 16.1. The van der Waals surface area contributed by atoms with E-state index in [1.54, 1.807) is 13.2 Å². The third-order valence-electron chi connectivity index (χ3n) is 4.53. The predicted octanol–water partition coefficient (Wildman–Crippen LogP) is 2.44. The molecular weight excluding hydrogens is 340 g/mol. The van der Waals surface area contributed by atoms with Crippen molar-refractivity contribution < 1.29 is 4.52 Å². The molecule has 142 valence electrons. The summed E-state index contributed by atoms with van der Waals surface area (Å²) in [5.41, 5.74) is 4.56. The number of hydrogen-bond acceptors (Lipinski definition) is 4. The van der Waals surface area contributed by atoms with E-state index in [0.29, 0.717) is 6.54 Å². The maximum atomic E-state index is 5.21. The molecule has 0 saturated heterocycles. The lowest BCUT2D eigenvalue weighted by Crippen LogP contribution is -2.38. The number of guanidine groups is 1. The van der Waals surface area contributed by atoms with E-state index >= 15 is 0 Å². The van der Waals surface area contributed by atoms with Crippen LogP contribution >= 0.6 is 0 Å². The van der Waals surface area contributed by atoms with Crippen LogP contribution in [-0.4, -0.2) is 34.5 Å². The fourth-order valence-electron chi connectivity index (χ4n) is 3.02. The minimum atomic E-state index is 0.697. The lowest BCUT2D eigenvalue weighted by atomic mass is 10.1. The Kier molecular flexibility index (Phi) is 6.25. The first-order valence-corrected chi connectivity index (χ1v) is 9.08. The molecule has 0 aliphatic carbocycles. The molecular formula is C20H26N6O. The monoisotopic (exact) mass is 366 g/mol. The summed E-state index contributed by atoms with van der Waals surface area (Å²) in [4.78, 5) is 4.31. The van der Waals surface area contributed by atoms with E-state index in [4.69, 9.17) is 4.52 Å². The highest BCUT2D eigenvalue weighted by Gasteiger charge is 2.09. The summed E-state index contributed by atoms with van der Waals surface area (Å²) in [6, 6.07) is 10.3. The summed E-state index contributed by atoms with van der Waals surface area (Å²) in [5.74, 6) is 1.65. The average molecular weight is 366 g/mol. The fourth-order valence-corrected chi connectivity index (χ4v) is 3.02. The maximum absolute atomic E-state index is 5.21. The van der Waals surface area contributed by atoms with Crippen molar-refractivity contribution in [2.75, 3.05) is 13.6 Å². The van der Waals surface area contributed by atoms with Gasteiger partial charge in [0.2, 0.25) is 0 Å². The summed E-state index contributed by atoms with van der Waals surface area (Å²) in [6.07, 6.45) is 4.61. The minimum Gasteiger partial charge on any atom is -0.361 e. The number of aliphatic imine (C=N–C) groups is 1. The molecule has 0 saturated carbocycles. The number of aryl methyl sites for hydroxylation is 2. The SMILES string of the molecule is CN=C(NCCc1c(C)noc1C)NCc1ccccc1Cn1cccn1. The van der Waals surface area contributed by atoms with E-state index in [-0.39, 0.29) is 0 Å². The lowest BCUT2D eigenvalue weighted by molar-refractivity contribution is 0.392. The molecule has 0 fully saturated rings. The standard InChI is InChI=1S/C20H26N6O/c1-15-19(16(2)27-25-15)9-11-22-20(21-3)23-13-17-7-4-5-8-18(17)14-26-12-6-10-24-26/h4-8,10,12H,9,11,13-14H2,1-3H3,(H2,21,22,23). The van der Waals surface area contributed by atoms with Crippen LogP contribution in [-0.2, 0) is 19.5 Å². The van der Waals surface area contributed by atoms with Crippen molar-refractivity contribution in [1.82, 2.24) is 25.6 Å². The quantitative estimate of drug-likeness (QED) is 0.496. The molecule has 0 amide bonds. The molecule has 0 bridgehead atoms. The topological polar surface area (TPSA) is 80.3 Å². The van der Waals surface area contributed by atoms with Crippen LogP contribution in [0.3, 0.4) is 0 Å². The lowest BCUT2D eigenvalue weighted by Gasteiger charge is -2.14. The molecule has 2 heterocycles. The molecule has 0 aliphatic rings. The van der Waals surface area contributed by atoms with Gasteiger partial charge in [0.05, 0.1) is 12.2 Å². The Balaban J connectivity index is 1.54. The molecule has 0 aliphatic heterocycles. The van der Waals surface area contributed by atoms with Crippen LogP contribution in [0.2, 0.25) is 0 Å². The van der Waals surface area contributed by atoms with E-state index in [1.165, 1.54) is 11.1 Å². The molecule has 3 aromatic rings. The van der Waals surface area contributed by atoms with E-state index < -0.39 is 0 Å². The zero-order chi connectivity index (χ0) is 19.1. The third kappa shape index (κ3) is 4.97. The molecule has 3 rings (SSSR count). The summed E-state index contributed by atoms with van der Waals surface area (Å²) in [5, 5.41) is 15.0. The van der Waals surface area contributed by atoms with E-state index in [1.807, 2.05) is 30.8 Å². The van der Waals surface area contributed by atoms with Crippen molar-refractivity contribution in [3.05, 3.63) is 70.9 Å². The van der Waals surface area contributed by atoms with E-state index in [2.05, 4.69) is 50.1 Å². The van der Waals surface area contributed by atoms with Gasteiger partial charge in [-0.1, -0.05) is 29.4 Å². The first-order valence-electron chi connectivity index (χ1n) is 9.08. The molecule has 2 aromatic heterocycles. The van der Waals surface area contributed by atoms with Crippen molar-refractivity contribution >= 4 is 5.96 Å². The Morgan fingerprint density at radius 3 is 2.63 bits per heavy atom. The summed E-state index contributed by atoms with van der Waals surface area (Å²) >= 11 is 0. The second-order valence-electron chi connectivity index (χ2n) is 6.38. The second kappa shape index (κ2) is 9.02. The largest absolute Gasteiger partial charge is 0.361 e. The van der Waals surface area contributed by atoms with Crippen LogP contribution < -0.4 is 10.6 Å². The Morgan fingerprint density at radius 1 is 1.15 bits per heavy atom.